The van der Waals surface area contributed by atoms with Gasteiger partial charge in [0.05, 0.1) is 37.1 Å². The molecule has 7 nitrogen and oxygen atoms in total. The first-order valence-electron chi connectivity index (χ1n) is 6.27. The lowest BCUT2D eigenvalue weighted by molar-refractivity contribution is 0.391. The Balaban J connectivity index is 2.35. The number of nitrogens with one attached hydrogen (secondary N) is 1. The predicted octanol–water partition coefficient (Wildman–Crippen LogP) is 0.387. The molecule has 1 fully saturated rings. The summed E-state index contributed by atoms with van der Waals surface area (Å²) < 4.78 is 60.4. The third-order valence-electron chi connectivity index (χ3n) is 3.25. The van der Waals surface area contributed by atoms with Gasteiger partial charge in [0.1, 0.15) is 16.4 Å². The molecule has 2 unspecified atom stereocenters. The monoisotopic (exact) mass is 369 g/mol. The van der Waals surface area contributed by atoms with E-state index in [4.69, 9.17) is 21.1 Å². The first-order valence-corrected chi connectivity index (χ1v) is 10.0. The van der Waals surface area contributed by atoms with Gasteiger partial charge in [-0.15, -0.1) is 11.6 Å². The van der Waals surface area contributed by atoms with Crippen LogP contribution in [0.15, 0.2) is 23.1 Å². The summed E-state index contributed by atoms with van der Waals surface area (Å²) in [5.74, 6) is -0.119. The van der Waals surface area contributed by atoms with Crippen LogP contribution in [0, 0.1) is 0 Å². The van der Waals surface area contributed by atoms with E-state index in [-0.39, 0.29) is 22.2 Å². The molecule has 1 aliphatic rings. The second kappa shape index (κ2) is 6.23. The molecule has 0 saturated carbocycles. The largest absolute Gasteiger partial charge is 0.497 e. The van der Waals surface area contributed by atoms with Gasteiger partial charge < -0.3 is 9.47 Å². The molecule has 1 aromatic carbocycles. The number of alkyl halides is 1. The molecule has 0 aliphatic carbocycles. The Bertz CT molecular complexity index is 762. The van der Waals surface area contributed by atoms with Crippen LogP contribution in [0.1, 0.15) is 0 Å². The number of benzene rings is 1. The third-order valence-corrected chi connectivity index (χ3v) is 7.14. The van der Waals surface area contributed by atoms with Crippen molar-refractivity contribution in [1.82, 2.24) is 4.72 Å². The SMILES string of the molecule is COc1ccc(OC)c(S(=O)(=O)NC2CS(=O)(=O)CC2Cl)c1. The standard InChI is InChI=1S/C12H16ClNO6S2/c1-19-8-3-4-11(20-2)12(5-8)22(17,18)14-10-7-21(15,16)6-9(10)13/h3-5,9-10,14H,6-7H2,1-2H3. The first kappa shape index (κ1) is 17.3. The van der Waals surface area contributed by atoms with Gasteiger partial charge in [-0.3, -0.25) is 0 Å². The number of methoxy groups -OCH3 is 2. The predicted molar refractivity (Wildman–Crippen MR) is 82.0 cm³/mol. The summed E-state index contributed by atoms with van der Waals surface area (Å²) in [6.07, 6.45) is 0. The molecule has 0 spiro atoms. The Morgan fingerprint density at radius 3 is 2.41 bits per heavy atom. The van der Waals surface area contributed by atoms with E-state index >= 15 is 0 Å². The zero-order valence-corrected chi connectivity index (χ0v) is 14.3. The molecular formula is C12H16ClNO6S2. The zero-order valence-electron chi connectivity index (χ0n) is 11.9. The summed E-state index contributed by atoms with van der Waals surface area (Å²) in [6, 6.07) is 3.43. The first-order chi connectivity index (χ1) is 10.2. The van der Waals surface area contributed by atoms with Crippen molar-refractivity contribution in [3.05, 3.63) is 18.2 Å². The summed E-state index contributed by atoms with van der Waals surface area (Å²) >= 11 is 5.93. The van der Waals surface area contributed by atoms with E-state index in [1.165, 1.54) is 26.4 Å². The molecule has 0 radical (unpaired) electrons. The van der Waals surface area contributed by atoms with E-state index in [2.05, 4.69) is 4.72 Å². The average Bonchev–Trinajstić information content (AvgIpc) is 2.69. The molecule has 22 heavy (non-hydrogen) atoms. The maximum absolute atomic E-state index is 12.5. The van der Waals surface area contributed by atoms with E-state index in [0.717, 1.165) is 0 Å². The fourth-order valence-electron chi connectivity index (χ4n) is 2.17. The Hall–Kier alpha value is -1.03. The molecule has 1 aliphatic heterocycles. The van der Waals surface area contributed by atoms with Crippen molar-refractivity contribution >= 4 is 31.5 Å². The Morgan fingerprint density at radius 1 is 1.23 bits per heavy atom. The second-order valence-electron chi connectivity index (χ2n) is 4.84. The number of ether oxygens (including phenoxy) is 2. The van der Waals surface area contributed by atoms with Gasteiger partial charge in [0.25, 0.3) is 0 Å². The van der Waals surface area contributed by atoms with E-state index in [9.17, 15) is 16.8 Å². The van der Waals surface area contributed by atoms with Crippen LogP contribution in [0.4, 0.5) is 0 Å². The highest BCUT2D eigenvalue weighted by atomic mass is 35.5. The van der Waals surface area contributed by atoms with Crippen LogP contribution in [0.2, 0.25) is 0 Å². The minimum absolute atomic E-state index is 0.125. The molecule has 1 aromatic rings. The Kier molecular flexibility index (Phi) is 4.90. The van der Waals surface area contributed by atoms with Crippen molar-refractivity contribution < 1.29 is 26.3 Å². The fraction of sp³-hybridized carbons (Fsp3) is 0.500. The number of sulfone groups is 1. The van der Waals surface area contributed by atoms with Crippen LogP contribution in [0.3, 0.4) is 0 Å². The van der Waals surface area contributed by atoms with Crippen LogP contribution in [0.25, 0.3) is 0 Å². The topological polar surface area (TPSA) is 98.8 Å². The molecule has 1 N–H and O–H groups in total. The second-order valence-corrected chi connectivity index (χ2v) is 9.23. The summed E-state index contributed by atoms with van der Waals surface area (Å²) in [4.78, 5) is -0.137. The lowest BCUT2D eigenvalue weighted by atomic mass is 10.3. The van der Waals surface area contributed by atoms with Crippen molar-refractivity contribution in [3.63, 3.8) is 0 Å². The molecular weight excluding hydrogens is 354 g/mol. The summed E-state index contributed by atoms with van der Waals surface area (Å²) in [6.45, 7) is 0. The van der Waals surface area contributed by atoms with Crippen LogP contribution in [-0.4, -0.2) is 54.0 Å². The number of rotatable bonds is 5. The average molecular weight is 370 g/mol. The third kappa shape index (κ3) is 3.65. The fourth-order valence-corrected chi connectivity index (χ4v) is 6.36. The molecule has 0 bridgehead atoms. The lowest BCUT2D eigenvalue weighted by Crippen LogP contribution is -2.40. The van der Waals surface area contributed by atoms with Gasteiger partial charge >= 0.3 is 0 Å². The highest BCUT2D eigenvalue weighted by Gasteiger charge is 2.39. The molecule has 124 valence electrons. The van der Waals surface area contributed by atoms with Gasteiger partial charge in [-0.2, -0.15) is 0 Å². The molecule has 0 amide bonds. The smallest absolute Gasteiger partial charge is 0.244 e. The van der Waals surface area contributed by atoms with E-state index in [1.54, 1.807) is 6.07 Å². The van der Waals surface area contributed by atoms with Gasteiger partial charge in [0.2, 0.25) is 10.0 Å². The quantitative estimate of drug-likeness (QED) is 0.754. The van der Waals surface area contributed by atoms with Crippen molar-refractivity contribution in [2.75, 3.05) is 25.7 Å². The van der Waals surface area contributed by atoms with Gasteiger partial charge in [-0.1, -0.05) is 0 Å². The van der Waals surface area contributed by atoms with Crippen LogP contribution in [-0.2, 0) is 19.9 Å². The van der Waals surface area contributed by atoms with Gasteiger partial charge in [0.15, 0.2) is 9.84 Å². The number of hydrogen-bond acceptors (Lipinski definition) is 6. The van der Waals surface area contributed by atoms with Gasteiger partial charge in [-0.05, 0) is 12.1 Å². The van der Waals surface area contributed by atoms with E-state index in [0.29, 0.717) is 5.75 Å². The van der Waals surface area contributed by atoms with Crippen LogP contribution in [0.5, 0.6) is 11.5 Å². The summed E-state index contributed by atoms with van der Waals surface area (Å²) in [5.41, 5.74) is 0. The Labute approximate surface area is 134 Å². The Morgan fingerprint density at radius 2 is 1.91 bits per heavy atom. The van der Waals surface area contributed by atoms with Crippen molar-refractivity contribution in [2.45, 2.75) is 16.3 Å². The summed E-state index contributed by atoms with van der Waals surface area (Å²) in [5, 5.41) is -0.809. The molecule has 10 heteroatoms. The number of hydrogen-bond donors (Lipinski definition) is 1. The van der Waals surface area contributed by atoms with Crippen molar-refractivity contribution in [1.29, 1.82) is 0 Å². The molecule has 1 heterocycles. The van der Waals surface area contributed by atoms with Crippen LogP contribution >= 0.6 is 11.6 Å². The highest BCUT2D eigenvalue weighted by molar-refractivity contribution is 7.92. The molecule has 1 saturated heterocycles. The van der Waals surface area contributed by atoms with Gasteiger partial charge in [0, 0.05) is 6.07 Å². The van der Waals surface area contributed by atoms with Gasteiger partial charge in [-0.25, -0.2) is 21.6 Å². The maximum Gasteiger partial charge on any atom is 0.244 e. The maximum atomic E-state index is 12.5. The normalized spacial score (nSPS) is 24.1. The lowest BCUT2D eigenvalue weighted by Gasteiger charge is -2.17. The minimum atomic E-state index is -4.01. The number of sulfonamides is 1. The number of halogens is 1. The summed E-state index contributed by atoms with van der Waals surface area (Å²) in [7, 11) is -4.60. The molecule has 2 rings (SSSR count). The van der Waals surface area contributed by atoms with E-state index in [1.807, 2.05) is 0 Å². The van der Waals surface area contributed by atoms with Crippen molar-refractivity contribution in [3.8, 4) is 11.5 Å². The zero-order chi connectivity index (χ0) is 16.5. The highest BCUT2D eigenvalue weighted by Crippen LogP contribution is 2.29. The molecule has 0 aromatic heterocycles. The minimum Gasteiger partial charge on any atom is -0.497 e. The van der Waals surface area contributed by atoms with E-state index < -0.39 is 31.3 Å². The van der Waals surface area contributed by atoms with Crippen LogP contribution < -0.4 is 14.2 Å². The molecule has 2 atom stereocenters. The van der Waals surface area contributed by atoms with Crippen molar-refractivity contribution in [2.24, 2.45) is 0 Å².